The lowest BCUT2D eigenvalue weighted by Gasteiger charge is -2.37. The third-order valence-electron chi connectivity index (χ3n) is 7.50. The lowest BCUT2D eigenvalue weighted by molar-refractivity contribution is 0.0516. The fourth-order valence-electron chi connectivity index (χ4n) is 5.53. The minimum atomic E-state index is -1.34. The van der Waals surface area contributed by atoms with Crippen LogP contribution in [0.1, 0.15) is 47.1 Å². The average Bonchev–Trinajstić information content (AvgIpc) is 3.37. The van der Waals surface area contributed by atoms with Crippen LogP contribution in [-0.2, 0) is 23.4 Å². The van der Waals surface area contributed by atoms with Gasteiger partial charge in [-0.15, -0.1) is 24.8 Å². The second kappa shape index (κ2) is 11.9. The van der Waals surface area contributed by atoms with Crippen LogP contribution in [0.3, 0.4) is 0 Å². The summed E-state index contributed by atoms with van der Waals surface area (Å²) < 4.78 is 29.3. The topological polar surface area (TPSA) is 69.5 Å². The van der Waals surface area contributed by atoms with Gasteiger partial charge in [-0.3, -0.25) is 9.55 Å². The van der Waals surface area contributed by atoms with Crippen molar-refractivity contribution in [3.63, 3.8) is 0 Å². The fourth-order valence-corrected chi connectivity index (χ4v) is 5.53. The van der Waals surface area contributed by atoms with Crippen LogP contribution in [0.25, 0.3) is 16.6 Å². The van der Waals surface area contributed by atoms with Gasteiger partial charge in [0, 0.05) is 31.2 Å². The highest BCUT2D eigenvalue weighted by atomic mass is 35.5. The number of fused-ring (bicyclic) bond motifs is 4. The predicted molar refractivity (Wildman–Crippen MR) is 152 cm³/mol. The second-order valence-corrected chi connectivity index (χ2v) is 9.62. The first-order valence-electron chi connectivity index (χ1n) is 12.8. The fraction of sp³-hybridized carbons (Fsp3) is 0.345. The number of imidazole rings is 1. The van der Waals surface area contributed by atoms with E-state index in [2.05, 4.69) is 20.9 Å². The molecular weight excluding hydrogens is 542 g/mol. The first-order chi connectivity index (χ1) is 18.1. The van der Waals surface area contributed by atoms with Crippen LogP contribution >= 0.6 is 24.8 Å². The zero-order chi connectivity index (χ0) is 25.4. The predicted octanol–water partition coefficient (Wildman–Crippen LogP) is 5.84. The van der Waals surface area contributed by atoms with Crippen LogP contribution < -0.4 is 4.74 Å². The van der Waals surface area contributed by atoms with E-state index in [1.165, 1.54) is 0 Å². The Morgan fingerprint density at radius 2 is 1.87 bits per heavy atom. The van der Waals surface area contributed by atoms with Crippen molar-refractivity contribution in [3.05, 3.63) is 83.6 Å². The van der Waals surface area contributed by atoms with Crippen LogP contribution in [0.5, 0.6) is 5.75 Å². The van der Waals surface area contributed by atoms with Crippen molar-refractivity contribution in [2.45, 2.75) is 38.5 Å². The molecule has 0 radical (unpaired) electrons. The van der Waals surface area contributed by atoms with Crippen molar-refractivity contribution in [3.8, 4) is 11.4 Å². The Hall–Kier alpha value is -3.20. The minimum absolute atomic E-state index is 0. The van der Waals surface area contributed by atoms with Crippen molar-refractivity contribution in [1.82, 2.24) is 19.4 Å². The van der Waals surface area contributed by atoms with Gasteiger partial charge in [-0.2, -0.15) is 0 Å². The third kappa shape index (κ3) is 5.33. The lowest BCUT2D eigenvalue weighted by atomic mass is 9.84. The number of carbonyl (C=O) groups is 1. The first kappa shape index (κ1) is 28.8. The molecule has 0 amide bonds. The zero-order valence-electron chi connectivity index (χ0n) is 21.6. The van der Waals surface area contributed by atoms with E-state index in [9.17, 15) is 4.79 Å². The van der Waals surface area contributed by atoms with Crippen molar-refractivity contribution >= 4 is 41.7 Å². The second-order valence-electron chi connectivity index (χ2n) is 9.62. The van der Waals surface area contributed by atoms with Crippen LogP contribution in [-0.4, -0.2) is 51.6 Å². The molecule has 0 N–H and O–H groups in total. The standard InChI is InChI=1S/C29H29FN4O3.2ClH/c1-2-36-28(35)26-25-18-37-27-20(6-3-10-24(27)34(25)19-32-26)11-15-33-16-12-29(30,13-17-33)22-8-4-9-23-21(22)7-5-14-31-23;;/h3-10,14,19H,2,11-13,15-18H2,1H3;2*1H. The van der Waals surface area contributed by atoms with Crippen molar-refractivity contribution < 1.29 is 18.7 Å². The Bertz CT molecular complexity index is 1460. The number of aromatic nitrogens is 3. The number of esters is 1. The maximum absolute atomic E-state index is 16.1. The van der Waals surface area contributed by atoms with Gasteiger partial charge < -0.3 is 14.4 Å². The molecular formula is C29H31Cl2FN4O3. The maximum atomic E-state index is 16.1. The SMILES string of the molecule is CCOC(=O)c1ncn2c1COc1c(CCN3CCC(F)(c4cccc5ncccc45)CC3)cccc1-2.Cl.Cl. The average molecular weight is 573 g/mol. The molecule has 0 unspecified atom stereocenters. The quantitative estimate of drug-likeness (QED) is 0.270. The summed E-state index contributed by atoms with van der Waals surface area (Å²) in [4.78, 5) is 23.2. The van der Waals surface area contributed by atoms with Crippen LogP contribution in [0, 0.1) is 0 Å². The molecule has 4 heterocycles. The summed E-state index contributed by atoms with van der Waals surface area (Å²) in [6.07, 6.45) is 5.11. The van der Waals surface area contributed by atoms with Crippen LogP contribution in [0.15, 0.2) is 61.1 Å². The van der Waals surface area contributed by atoms with Gasteiger partial charge >= 0.3 is 5.97 Å². The summed E-state index contributed by atoms with van der Waals surface area (Å²) in [5.74, 6) is 0.371. The van der Waals surface area contributed by atoms with Gasteiger partial charge in [0.1, 0.15) is 24.4 Å². The molecule has 10 heteroatoms. The van der Waals surface area contributed by atoms with E-state index in [0.717, 1.165) is 46.4 Å². The summed E-state index contributed by atoms with van der Waals surface area (Å²) in [6, 6.07) is 15.6. The number of nitrogens with zero attached hydrogens (tertiary/aromatic N) is 4. The highest BCUT2D eigenvalue weighted by Crippen LogP contribution is 2.40. The maximum Gasteiger partial charge on any atom is 0.358 e. The number of alkyl halides is 1. The van der Waals surface area contributed by atoms with E-state index in [1.54, 1.807) is 19.4 Å². The largest absolute Gasteiger partial charge is 0.485 e. The number of halogens is 3. The molecule has 0 spiro atoms. The van der Waals surface area contributed by atoms with E-state index in [0.29, 0.717) is 43.9 Å². The number of para-hydroxylation sites is 1. The molecule has 1 fully saturated rings. The number of piperidine rings is 1. The summed E-state index contributed by atoms with van der Waals surface area (Å²) in [6.45, 7) is 4.53. The number of pyridine rings is 1. The normalized spacial score (nSPS) is 15.7. The van der Waals surface area contributed by atoms with E-state index in [4.69, 9.17) is 9.47 Å². The molecule has 7 nitrogen and oxygen atoms in total. The number of carbonyl (C=O) groups excluding carboxylic acids is 1. The van der Waals surface area contributed by atoms with Crippen molar-refractivity contribution in [2.24, 2.45) is 0 Å². The molecule has 4 aromatic rings. The minimum Gasteiger partial charge on any atom is -0.485 e. The lowest BCUT2D eigenvalue weighted by Crippen LogP contribution is -2.41. The molecule has 39 heavy (non-hydrogen) atoms. The van der Waals surface area contributed by atoms with Gasteiger partial charge in [0.15, 0.2) is 5.69 Å². The van der Waals surface area contributed by atoms with Gasteiger partial charge in [-0.1, -0.05) is 30.3 Å². The number of likely N-dealkylation sites (tertiary alicyclic amines) is 1. The molecule has 6 rings (SSSR count). The smallest absolute Gasteiger partial charge is 0.358 e. The summed E-state index contributed by atoms with van der Waals surface area (Å²) in [5.41, 5.74) is 3.19. The summed E-state index contributed by atoms with van der Waals surface area (Å²) in [5, 5.41) is 0.902. The molecule has 1 saturated heterocycles. The molecule has 0 aliphatic carbocycles. The Balaban J connectivity index is 0.00000176. The van der Waals surface area contributed by atoms with Crippen molar-refractivity contribution in [1.29, 1.82) is 0 Å². The number of hydrogen-bond donors (Lipinski definition) is 0. The number of rotatable bonds is 6. The molecule has 206 valence electrons. The number of benzene rings is 2. The Kier molecular flexibility index (Phi) is 8.79. The van der Waals surface area contributed by atoms with Gasteiger partial charge in [-0.05, 0) is 55.5 Å². The van der Waals surface area contributed by atoms with Crippen molar-refractivity contribution in [2.75, 3.05) is 26.2 Å². The Labute approximate surface area is 239 Å². The van der Waals surface area contributed by atoms with Crippen LogP contribution in [0.2, 0.25) is 0 Å². The molecule has 2 aromatic carbocycles. The zero-order valence-corrected chi connectivity index (χ0v) is 23.3. The molecule has 2 aliphatic heterocycles. The molecule has 0 bridgehead atoms. The molecule has 2 aromatic heterocycles. The summed E-state index contributed by atoms with van der Waals surface area (Å²) >= 11 is 0. The van der Waals surface area contributed by atoms with E-state index < -0.39 is 11.6 Å². The third-order valence-corrected chi connectivity index (χ3v) is 7.50. The number of ether oxygens (including phenoxy) is 2. The van der Waals surface area contributed by atoms with E-state index in [-0.39, 0.29) is 31.4 Å². The highest BCUT2D eigenvalue weighted by Gasteiger charge is 2.37. The van der Waals surface area contributed by atoms with Gasteiger partial charge in [0.2, 0.25) is 0 Å². The Morgan fingerprint density at radius 3 is 2.67 bits per heavy atom. The Morgan fingerprint density at radius 1 is 1.08 bits per heavy atom. The molecule has 0 atom stereocenters. The number of hydrogen-bond acceptors (Lipinski definition) is 6. The molecule has 2 aliphatic rings. The van der Waals surface area contributed by atoms with Crippen LogP contribution in [0.4, 0.5) is 4.39 Å². The monoisotopic (exact) mass is 572 g/mol. The molecule has 0 saturated carbocycles. The van der Waals surface area contributed by atoms with Gasteiger partial charge in [0.25, 0.3) is 0 Å². The first-order valence-corrected chi connectivity index (χ1v) is 12.8. The highest BCUT2D eigenvalue weighted by molar-refractivity contribution is 5.89. The van der Waals surface area contributed by atoms with Gasteiger partial charge in [0.05, 0.1) is 23.5 Å². The van der Waals surface area contributed by atoms with E-state index in [1.807, 2.05) is 47.0 Å². The van der Waals surface area contributed by atoms with E-state index >= 15 is 4.39 Å². The van der Waals surface area contributed by atoms with Gasteiger partial charge in [-0.25, -0.2) is 14.2 Å². The summed E-state index contributed by atoms with van der Waals surface area (Å²) in [7, 11) is 0.